The van der Waals surface area contributed by atoms with Crippen molar-refractivity contribution in [3.63, 3.8) is 0 Å². The molecule has 45 heavy (non-hydrogen) atoms. The van der Waals surface area contributed by atoms with Gasteiger partial charge in [0.1, 0.15) is 17.7 Å². The molecular formula is C36H35N3O6. The van der Waals surface area contributed by atoms with Crippen LogP contribution in [0.3, 0.4) is 0 Å². The molecule has 0 bridgehead atoms. The van der Waals surface area contributed by atoms with Crippen LogP contribution in [0.15, 0.2) is 84.9 Å². The molecule has 9 heteroatoms. The lowest BCUT2D eigenvalue weighted by molar-refractivity contribution is -0.146. The van der Waals surface area contributed by atoms with E-state index in [1.165, 1.54) is 16.9 Å². The molecule has 9 nitrogen and oxygen atoms in total. The quantitative estimate of drug-likeness (QED) is 0.291. The fourth-order valence-electron chi connectivity index (χ4n) is 6.11. The van der Waals surface area contributed by atoms with E-state index < -0.39 is 41.6 Å². The molecule has 2 atom stereocenters. The zero-order valence-corrected chi connectivity index (χ0v) is 25.7. The summed E-state index contributed by atoms with van der Waals surface area (Å²) in [6.45, 7) is 5.53. The SMILES string of the molecule is COC(=O)C1Cc2ccccc2CN1C(=O)c1cc2ccccc2cc1NC(=O)[C@H]1Cc2ccccc2N1C(=O)OC(C)(C)C. The molecule has 1 unspecified atom stereocenters. The van der Waals surface area contributed by atoms with Crippen LogP contribution in [0, 0.1) is 0 Å². The minimum atomic E-state index is -0.906. The first-order chi connectivity index (χ1) is 21.5. The molecule has 4 aromatic carbocycles. The van der Waals surface area contributed by atoms with E-state index in [4.69, 9.17) is 9.47 Å². The third-order valence-electron chi connectivity index (χ3n) is 8.23. The van der Waals surface area contributed by atoms with Crippen LogP contribution >= 0.6 is 0 Å². The highest BCUT2D eigenvalue weighted by Gasteiger charge is 2.41. The van der Waals surface area contributed by atoms with Crippen molar-refractivity contribution >= 4 is 46.0 Å². The summed E-state index contributed by atoms with van der Waals surface area (Å²) in [6, 6.07) is 24.3. The van der Waals surface area contributed by atoms with Crippen LogP contribution in [0.2, 0.25) is 0 Å². The third kappa shape index (κ3) is 5.85. The van der Waals surface area contributed by atoms with Gasteiger partial charge >= 0.3 is 12.1 Å². The number of fused-ring (bicyclic) bond motifs is 3. The minimum absolute atomic E-state index is 0.208. The van der Waals surface area contributed by atoms with Gasteiger partial charge in [-0.25, -0.2) is 9.59 Å². The molecule has 0 saturated heterocycles. The van der Waals surface area contributed by atoms with Crippen LogP contribution in [-0.4, -0.2) is 53.6 Å². The Labute approximate surface area is 261 Å². The monoisotopic (exact) mass is 605 g/mol. The van der Waals surface area contributed by atoms with Crippen LogP contribution in [-0.2, 0) is 38.4 Å². The molecule has 2 aliphatic heterocycles. The molecule has 0 fully saturated rings. The maximum absolute atomic E-state index is 14.4. The highest BCUT2D eigenvalue weighted by Crippen LogP contribution is 2.35. The zero-order chi connectivity index (χ0) is 31.9. The number of methoxy groups -OCH3 is 1. The fraction of sp³-hybridized carbons (Fsp3) is 0.278. The van der Waals surface area contributed by atoms with Crippen molar-refractivity contribution in [2.45, 2.75) is 57.8 Å². The van der Waals surface area contributed by atoms with Gasteiger partial charge < -0.3 is 19.7 Å². The maximum atomic E-state index is 14.4. The summed E-state index contributed by atoms with van der Waals surface area (Å²) in [4.78, 5) is 57.7. The number of anilines is 2. The van der Waals surface area contributed by atoms with Gasteiger partial charge in [-0.15, -0.1) is 0 Å². The number of nitrogens with one attached hydrogen (secondary N) is 1. The lowest BCUT2D eigenvalue weighted by Gasteiger charge is -2.35. The first-order valence-corrected chi connectivity index (χ1v) is 14.9. The van der Waals surface area contributed by atoms with Crippen molar-refractivity contribution < 1.29 is 28.7 Å². The molecule has 3 amide bonds. The molecule has 2 heterocycles. The normalized spacial score (nSPS) is 17.3. The molecule has 6 rings (SSSR count). The Balaban J connectivity index is 1.38. The number of para-hydroxylation sites is 1. The minimum Gasteiger partial charge on any atom is -0.467 e. The first-order valence-electron chi connectivity index (χ1n) is 14.9. The molecule has 0 saturated carbocycles. The first kappa shape index (κ1) is 29.9. The maximum Gasteiger partial charge on any atom is 0.415 e. The summed E-state index contributed by atoms with van der Waals surface area (Å²) in [6.07, 6.45) is -0.0316. The lowest BCUT2D eigenvalue weighted by Crippen LogP contribution is -2.49. The van der Waals surface area contributed by atoms with Gasteiger partial charge in [0, 0.05) is 19.4 Å². The van der Waals surface area contributed by atoms with Crippen molar-refractivity contribution in [3.05, 3.63) is 107 Å². The van der Waals surface area contributed by atoms with Crippen molar-refractivity contribution in [2.24, 2.45) is 0 Å². The van der Waals surface area contributed by atoms with Gasteiger partial charge in [-0.2, -0.15) is 0 Å². The fourth-order valence-corrected chi connectivity index (χ4v) is 6.11. The van der Waals surface area contributed by atoms with E-state index in [0.29, 0.717) is 12.1 Å². The van der Waals surface area contributed by atoms with Gasteiger partial charge in [0.25, 0.3) is 5.91 Å². The van der Waals surface area contributed by atoms with E-state index >= 15 is 0 Å². The number of hydrogen-bond donors (Lipinski definition) is 1. The Morgan fingerprint density at radius 2 is 1.38 bits per heavy atom. The number of carbonyl (C=O) groups is 4. The lowest BCUT2D eigenvalue weighted by atomic mass is 9.92. The van der Waals surface area contributed by atoms with Crippen molar-refractivity contribution in [1.82, 2.24) is 4.90 Å². The second-order valence-corrected chi connectivity index (χ2v) is 12.4. The van der Waals surface area contributed by atoms with E-state index in [0.717, 1.165) is 27.5 Å². The molecule has 2 aliphatic rings. The second kappa shape index (κ2) is 11.7. The topological polar surface area (TPSA) is 105 Å². The summed E-state index contributed by atoms with van der Waals surface area (Å²) in [5.41, 5.74) is 3.11. The van der Waals surface area contributed by atoms with Crippen LogP contribution < -0.4 is 10.2 Å². The molecular weight excluding hydrogens is 570 g/mol. The van der Waals surface area contributed by atoms with E-state index in [2.05, 4.69) is 5.32 Å². The van der Waals surface area contributed by atoms with E-state index in [1.807, 2.05) is 66.7 Å². The highest BCUT2D eigenvalue weighted by atomic mass is 16.6. The average molecular weight is 606 g/mol. The number of esters is 1. The molecule has 230 valence electrons. The van der Waals surface area contributed by atoms with E-state index in [-0.39, 0.29) is 24.2 Å². The molecule has 0 aromatic heterocycles. The van der Waals surface area contributed by atoms with Crippen LogP contribution in [0.5, 0.6) is 0 Å². The number of rotatable bonds is 4. The largest absolute Gasteiger partial charge is 0.467 e. The Hall–Kier alpha value is -5.18. The van der Waals surface area contributed by atoms with Crippen molar-refractivity contribution in [1.29, 1.82) is 0 Å². The van der Waals surface area contributed by atoms with Crippen molar-refractivity contribution in [2.75, 3.05) is 17.3 Å². The van der Waals surface area contributed by atoms with Crippen LogP contribution in [0.25, 0.3) is 10.8 Å². The molecule has 4 aromatic rings. The summed E-state index contributed by atoms with van der Waals surface area (Å²) in [7, 11) is 1.31. The molecule has 1 N–H and O–H groups in total. The average Bonchev–Trinajstić information content (AvgIpc) is 3.42. The van der Waals surface area contributed by atoms with Gasteiger partial charge in [0.2, 0.25) is 5.91 Å². The molecule has 0 radical (unpaired) electrons. The van der Waals surface area contributed by atoms with Crippen LogP contribution in [0.4, 0.5) is 16.2 Å². The standard InChI is InChI=1S/C36H35N3O6/c1-36(2,3)45-35(43)39-29-16-10-9-14-25(29)20-30(39)32(40)37-28-18-23-12-6-5-11-22(23)17-27(28)33(41)38-21-26-15-8-7-13-24(26)19-31(38)34(42)44-4/h5-18,30-31H,19-21H2,1-4H3,(H,37,40)/t30-,31?/m1/s1. The summed E-state index contributed by atoms with van der Waals surface area (Å²) in [5.74, 6) is -1.39. The third-order valence-corrected chi connectivity index (χ3v) is 8.23. The number of ether oxygens (including phenoxy) is 2. The highest BCUT2D eigenvalue weighted by molar-refractivity contribution is 6.11. The number of hydrogen-bond acceptors (Lipinski definition) is 6. The van der Waals surface area contributed by atoms with E-state index in [9.17, 15) is 19.2 Å². The number of amides is 3. The number of nitrogens with zero attached hydrogens (tertiary/aromatic N) is 2. The predicted molar refractivity (Wildman–Crippen MR) is 171 cm³/mol. The Kier molecular flexibility index (Phi) is 7.78. The van der Waals surface area contributed by atoms with Gasteiger partial charge in [0.15, 0.2) is 0 Å². The van der Waals surface area contributed by atoms with Gasteiger partial charge in [0.05, 0.1) is 24.0 Å². The Bertz CT molecular complexity index is 1830. The zero-order valence-electron chi connectivity index (χ0n) is 25.7. The summed E-state index contributed by atoms with van der Waals surface area (Å²) < 4.78 is 10.8. The smallest absolute Gasteiger partial charge is 0.415 e. The second-order valence-electron chi connectivity index (χ2n) is 12.4. The Morgan fingerprint density at radius 3 is 2.07 bits per heavy atom. The van der Waals surface area contributed by atoms with E-state index in [1.54, 1.807) is 39.0 Å². The van der Waals surface area contributed by atoms with Gasteiger partial charge in [-0.05, 0) is 66.4 Å². The summed E-state index contributed by atoms with van der Waals surface area (Å²) >= 11 is 0. The predicted octanol–water partition coefficient (Wildman–Crippen LogP) is 5.88. The summed E-state index contributed by atoms with van der Waals surface area (Å²) in [5, 5.41) is 4.59. The van der Waals surface area contributed by atoms with Crippen molar-refractivity contribution in [3.8, 4) is 0 Å². The molecule has 0 aliphatic carbocycles. The number of carbonyl (C=O) groups excluding carboxylic acids is 4. The van der Waals surface area contributed by atoms with Gasteiger partial charge in [-0.3, -0.25) is 14.5 Å². The number of benzene rings is 4. The molecule has 0 spiro atoms. The van der Waals surface area contributed by atoms with Crippen LogP contribution in [0.1, 0.15) is 47.8 Å². The Morgan fingerprint density at radius 1 is 0.778 bits per heavy atom. The van der Waals surface area contributed by atoms with Gasteiger partial charge in [-0.1, -0.05) is 66.7 Å².